The van der Waals surface area contributed by atoms with Crippen LogP contribution in [0.2, 0.25) is 13.3 Å². The number of hydrogen-bond acceptors (Lipinski definition) is 5. The van der Waals surface area contributed by atoms with Crippen LogP contribution in [0, 0.1) is 11.3 Å². The number of imidazole rings is 1. The van der Waals surface area contributed by atoms with Crippen molar-refractivity contribution in [3.8, 4) is 23.1 Å². The monoisotopic (exact) mass is 593 g/mol. The Bertz CT molecular complexity index is 1200. The van der Waals surface area contributed by atoms with Crippen molar-refractivity contribution >= 4 is 27.6 Å². The zero-order valence-electron chi connectivity index (χ0n) is 22.2. The minimum absolute atomic E-state index is 0.754. The van der Waals surface area contributed by atoms with Crippen LogP contribution in [-0.4, -0.2) is 47.7 Å². The number of unbranched alkanes of at least 4 members (excludes halogenated alkanes) is 3. The molecular weight excluding hydrogens is 553 g/mol. The molecule has 8 heteroatoms. The van der Waals surface area contributed by atoms with Gasteiger partial charge in [0, 0.05) is 6.92 Å². The third-order valence-corrected chi connectivity index (χ3v) is 22.4. The van der Waals surface area contributed by atoms with Gasteiger partial charge in [0.15, 0.2) is 0 Å². The summed E-state index contributed by atoms with van der Waals surface area (Å²) >= 11 is -2.46. The van der Waals surface area contributed by atoms with Crippen LogP contribution in [0.3, 0.4) is 0 Å². The summed E-state index contributed by atoms with van der Waals surface area (Å²) in [4.78, 5) is 9.44. The maximum atomic E-state index is 7.32. The standard InChI is InChI=1S/C14H9N6.3C4H9.C2H3N.Sn/c1-2-7-19-10-12(17-14(19)3-1)11-4-5-13(15-9-11)20-8-6-16-18-20;3*1-3-4-2;1-2-3;/h1,3-10H;3*1,3-4H2,2H3;1H3;. The Kier molecular flexibility index (Phi) is 10.9. The van der Waals surface area contributed by atoms with Gasteiger partial charge in [-0.3, -0.25) is 0 Å². The van der Waals surface area contributed by atoms with E-state index in [0.717, 1.165) is 22.7 Å². The molecule has 0 radical (unpaired) electrons. The number of rotatable bonds is 12. The SMILES string of the molecule is CC#N.CCC[CH2][Sn]([CH2]CCC)([CH2]CCC)[c]1ccc2nc(-c3ccc(-n4ccnn4)nc3)cn2c1. The van der Waals surface area contributed by atoms with Crippen LogP contribution >= 0.6 is 0 Å². The van der Waals surface area contributed by atoms with Crippen LogP contribution in [0.1, 0.15) is 66.2 Å². The summed E-state index contributed by atoms with van der Waals surface area (Å²) in [7, 11) is 0. The summed E-state index contributed by atoms with van der Waals surface area (Å²) in [5.41, 5.74) is 2.99. The summed E-state index contributed by atoms with van der Waals surface area (Å²) in [5.74, 6) is 0.754. The Morgan fingerprint density at radius 3 is 2.11 bits per heavy atom. The average Bonchev–Trinajstić information content (AvgIpc) is 3.59. The van der Waals surface area contributed by atoms with Crippen LogP contribution in [0.25, 0.3) is 22.7 Å². The van der Waals surface area contributed by atoms with Gasteiger partial charge in [0.05, 0.1) is 6.07 Å². The van der Waals surface area contributed by atoms with Crippen LogP contribution < -0.4 is 3.58 Å². The molecule has 0 spiro atoms. The molecule has 0 saturated heterocycles. The number of nitrogens with zero attached hydrogens (tertiary/aromatic N) is 7. The molecule has 190 valence electrons. The molecule has 0 saturated carbocycles. The fraction of sp³-hybridized carbons (Fsp3) is 0.464. The molecule has 0 aliphatic heterocycles. The number of nitriles is 1. The Balaban J connectivity index is 0.00000115. The third-order valence-electron chi connectivity index (χ3n) is 6.79. The van der Waals surface area contributed by atoms with E-state index in [1.54, 1.807) is 26.7 Å². The zero-order valence-corrected chi connectivity index (χ0v) is 25.0. The van der Waals surface area contributed by atoms with Gasteiger partial charge in [-0.25, -0.2) is 0 Å². The van der Waals surface area contributed by atoms with E-state index in [2.05, 4.69) is 71.1 Å². The van der Waals surface area contributed by atoms with Crippen molar-refractivity contribution in [2.45, 2.75) is 79.5 Å². The third kappa shape index (κ3) is 6.94. The minimum atomic E-state index is -2.46. The van der Waals surface area contributed by atoms with Crippen molar-refractivity contribution in [1.29, 1.82) is 5.26 Å². The van der Waals surface area contributed by atoms with Gasteiger partial charge in [0.1, 0.15) is 0 Å². The topological polar surface area (TPSA) is 84.7 Å². The Morgan fingerprint density at radius 1 is 0.917 bits per heavy atom. The van der Waals surface area contributed by atoms with Gasteiger partial charge in [-0.1, -0.05) is 0 Å². The number of pyridine rings is 2. The van der Waals surface area contributed by atoms with Crippen LogP contribution in [0.15, 0.2) is 55.2 Å². The van der Waals surface area contributed by atoms with Crippen molar-refractivity contribution in [2.24, 2.45) is 0 Å². The first-order valence-corrected chi connectivity index (χ1v) is 20.7. The van der Waals surface area contributed by atoms with Crippen molar-refractivity contribution in [1.82, 2.24) is 29.4 Å². The fourth-order valence-corrected chi connectivity index (χ4v) is 20.7. The van der Waals surface area contributed by atoms with Crippen LogP contribution in [0.5, 0.6) is 0 Å². The van der Waals surface area contributed by atoms with Crippen molar-refractivity contribution < 1.29 is 0 Å². The molecule has 0 unspecified atom stereocenters. The summed E-state index contributed by atoms with van der Waals surface area (Å²) in [6, 6.07) is 10.4. The number of aromatic nitrogens is 6. The molecule has 0 atom stereocenters. The molecule has 0 fully saturated rings. The van der Waals surface area contributed by atoms with Gasteiger partial charge < -0.3 is 0 Å². The Morgan fingerprint density at radius 2 is 1.58 bits per heavy atom. The van der Waals surface area contributed by atoms with Gasteiger partial charge in [-0.2, -0.15) is 5.26 Å². The Labute approximate surface area is 219 Å². The number of hydrogen-bond donors (Lipinski definition) is 0. The van der Waals surface area contributed by atoms with Gasteiger partial charge in [0.2, 0.25) is 0 Å². The fourth-order valence-electron chi connectivity index (χ4n) is 4.80. The van der Waals surface area contributed by atoms with Crippen molar-refractivity contribution in [2.75, 3.05) is 0 Å². The van der Waals surface area contributed by atoms with E-state index in [4.69, 9.17) is 10.2 Å². The predicted molar refractivity (Wildman–Crippen MR) is 149 cm³/mol. The molecule has 36 heavy (non-hydrogen) atoms. The van der Waals surface area contributed by atoms with E-state index >= 15 is 0 Å². The molecule has 4 aromatic heterocycles. The molecule has 4 rings (SSSR count). The molecule has 0 aliphatic carbocycles. The summed E-state index contributed by atoms with van der Waals surface area (Å²) in [6.45, 7) is 8.44. The Hall–Kier alpha value is -2.73. The number of fused-ring (bicyclic) bond motifs is 1. The molecule has 7 nitrogen and oxygen atoms in total. The second-order valence-corrected chi connectivity index (χ2v) is 22.6. The summed E-state index contributed by atoms with van der Waals surface area (Å²) < 4.78 is 10.0. The van der Waals surface area contributed by atoms with Crippen LogP contribution in [-0.2, 0) is 0 Å². The first-order valence-electron chi connectivity index (χ1n) is 13.2. The average molecular weight is 592 g/mol. The van der Waals surface area contributed by atoms with Gasteiger partial charge in [-0.05, 0) is 0 Å². The zero-order chi connectivity index (χ0) is 25.8. The molecule has 4 aromatic rings. The van der Waals surface area contributed by atoms with E-state index in [1.165, 1.54) is 58.8 Å². The van der Waals surface area contributed by atoms with E-state index < -0.39 is 18.4 Å². The quantitative estimate of drug-likeness (QED) is 0.174. The van der Waals surface area contributed by atoms with Gasteiger partial charge in [-0.15, -0.1) is 0 Å². The molecule has 0 aliphatic rings. The van der Waals surface area contributed by atoms with Crippen molar-refractivity contribution in [3.05, 3.63) is 55.2 Å². The summed E-state index contributed by atoms with van der Waals surface area (Å²) in [5, 5.41) is 15.2. The first kappa shape index (κ1) is 27.8. The first-order chi connectivity index (χ1) is 17.6. The molecule has 0 N–H and O–H groups in total. The molecular formula is C28H39N7Sn. The van der Waals surface area contributed by atoms with E-state index in [-0.39, 0.29) is 0 Å². The molecule has 0 bridgehead atoms. The van der Waals surface area contributed by atoms with E-state index in [9.17, 15) is 0 Å². The molecule has 0 amide bonds. The van der Waals surface area contributed by atoms with Gasteiger partial charge >= 0.3 is 202 Å². The second kappa shape index (κ2) is 14.1. The second-order valence-electron chi connectivity index (χ2n) is 9.38. The molecule has 4 heterocycles. The maximum absolute atomic E-state index is 7.32. The van der Waals surface area contributed by atoms with E-state index in [1.807, 2.05) is 12.3 Å². The van der Waals surface area contributed by atoms with E-state index in [0.29, 0.717) is 0 Å². The molecule has 0 aromatic carbocycles. The van der Waals surface area contributed by atoms with Crippen LogP contribution in [0.4, 0.5) is 0 Å². The van der Waals surface area contributed by atoms with Crippen molar-refractivity contribution in [3.63, 3.8) is 0 Å². The normalized spacial score (nSPS) is 11.2. The van der Waals surface area contributed by atoms with Gasteiger partial charge in [0.25, 0.3) is 0 Å². The predicted octanol–water partition coefficient (Wildman–Crippen LogP) is 6.56. The summed E-state index contributed by atoms with van der Waals surface area (Å²) in [6.07, 6.45) is 17.9.